The van der Waals surface area contributed by atoms with E-state index in [4.69, 9.17) is 0 Å². The quantitative estimate of drug-likeness (QED) is 0.853. The molecule has 0 aliphatic rings. The van der Waals surface area contributed by atoms with Gasteiger partial charge in [0.2, 0.25) is 0 Å². The van der Waals surface area contributed by atoms with Crippen molar-refractivity contribution in [3.05, 3.63) is 36.5 Å². The molecule has 96 valence electrons. The summed E-state index contributed by atoms with van der Waals surface area (Å²) in [5, 5.41) is 6.87. The van der Waals surface area contributed by atoms with Crippen molar-refractivity contribution in [3.8, 4) is 0 Å². The maximum Gasteiger partial charge on any atom is 0.315 e. The van der Waals surface area contributed by atoms with Crippen LogP contribution in [-0.2, 0) is 6.54 Å². The van der Waals surface area contributed by atoms with Crippen LogP contribution < -0.4 is 10.6 Å². The van der Waals surface area contributed by atoms with Gasteiger partial charge >= 0.3 is 6.03 Å². The van der Waals surface area contributed by atoms with Gasteiger partial charge in [-0.2, -0.15) is 0 Å². The van der Waals surface area contributed by atoms with Crippen molar-refractivity contribution in [3.63, 3.8) is 0 Å². The molecular weight excluding hydrogens is 226 g/mol. The summed E-state index contributed by atoms with van der Waals surface area (Å²) in [6, 6.07) is 10.4. The lowest BCUT2D eigenvalue weighted by molar-refractivity contribution is 0.238. The minimum absolute atomic E-state index is 0.110. The van der Waals surface area contributed by atoms with Crippen molar-refractivity contribution in [2.45, 2.75) is 26.4 Å². The predicted molar refractivity (Wildman–Crippen MR) is 73.6 cm³/mol. The maximum atomic E-state index is 11.4. The molecule has 4 nitrogen and oxygen atoms in total. The lowest BCUT2D eigenvalue weighted by Gasteiger charge is -2.11. The highest BCUT2D eigenvalue weighted by Crippen LogP contribution is 2.14. The zero-order chi connectivity index (χ0) is 13.0. The fourth-order valence-corrected chi connectivity index (χ4v) is 1.94. The summed E-state index contributed by atoms with van der Waals surface area (Å²) < 4.78 is 2.14. The van der Waals surface area contributed by atoms with Crippen molar-refractivity contribution in [2.75, 3.05) is 6.54 Å². The lowest BCUT2D eigenvalue weighted by Crippen LogP contribution is -2.40. The number of hydrogen-bond acceptors (Lipinski definition) is 1. The Morgan fingerprint density at radius 3 is 2.83 bits per heavy atom. The summed E-state index contributed by atoms with van der Waals surface area (Å²) in [5.74, 6) is 0. The summed E-state index contributed by atoms with van der Waals surface area (Å²) in [7, 11) is 0. The number of nitrogens with zero attached hydrogens (tertiary/aromatic N) is 1. The topological polar surface area (TPSA) is 46.1 Å². The van der Waals surface area contributed by atoms with Gasteiger partial charge in [0.05, 0.1) is 0 Å². The molecule has 2 amide bonds. The van der Waals surface area contributed by atoms with Crippen LogP contribution in [0.1, 0.15) is 13.8 Å². The van der Waals surface area contributed by atoms with Crippen LogP contribution in [0.2, 0.25) is 0 Å². The summed E-state index contributed by atoms with van der Waals surface area (Å²) in [6.07, 6.45) is 2.05. The number of nitrogens with one attached hydrogen (secondary N) is 2. The molecule has 0 spiro atoms. The first-order valence-corrected chi connectivity index (χ1v) is 6.25. The summed E-state index contributed by atoms with van der Waals surface area (Å²) in [5.41, 5.74) is 1.20. The van der Waals surface area contributed by atoms with Gasteiger partial charge < -0.3 is 15.2 Å². The number of aromatic nitrogens is 1. The van der Waals surface area contributed by atoms with Crippen molar-refractivity contribution < 1.29 is 4.79 Å². The van der Waals surface area contributed by atoms with E-state index in [9.17, 15) is 4.79 Å². The molecule has 0 atom stereocenters. The first-order chi connectivity index (χ1) is 8.66. The van der Waals surface area contributed by atoms with Gasteiger partial charge in [-0.15, -0.1) is 0 Å². The number of benzene rings is 1. The highest BCUT2D eigenvalue weighted by Gasteiger charge is 2.02. The van der Waals surface area contributed by atoms with Gasteiger partial charge in [-0.1, -0.05) is 18.2 Å². The third kappa shape index (κ3) is 3.03. The monoisotopic (exact) mass is 245 g/mol. The second-order valence-electron chi connectivity index (χ2n) is 4.62. The molecule has 1 heterocycles. The standard InChI is InChI=1S/C14H19N3O/c1-11(2)16-14(18)15-8-10-17-9-7-12-5-3-4-6-13(12)17/h3-7,9,11H,8,10H2,1-2H3,(H2,15,16,18). The normalized spacial score (nSPS) is 10.8. The molecule has 2 N–H and O–H groups in total. The average molecular weight is 245 g/mol. The molecule has 0 bridgehead atoms. The van der Waals surface area contributed by atoms with Crippen LogP contribution in [0.5, 0.6) is 0 Å². The van der Waals surface area contributed by atoms with Crippen LogP contribution in [0.4, 0.5) is 4.79 Å². The van der Waals surface area contributed by atoms with Crippen LogP contribution >= 0.6 is 0 Å². The van der Waals surface area contributed by atoms with Crippen LogP contribution in [-0.4, -0.2) is 23.2 Å². The highest BCUT2D eigenvalue weighted by molar-refractivity contribution is 5.80. The molecule has 1 aromatic carbocycles. The third-order valence-electron chi connectivity index (χ3n) is 2.74. The number of para-hydroxylation sites is 1. The Morgan fingerprint density at radius 2 is 2.06 bits per heavy atom. The van der Waals surface area contributed by atoms with Crippen molar-refractivity contribution in [1.29, 1.82) is 0 Å². The van der Waals surface area contributed by atoms with Crippen molar-refractivity contribution in [2.24, 2.45) is 0 Å². The van der Waals surface area contributed by atoms with E-state index in [0.29, 0.717) is 6.54 Å². The predicted octanol–water partition coefficient (Wildman–Crippen LogP) is 2.35. The molecule has 0 saturated heterocycles. The van der Waals surface area contributed by atoms with Crippen LogP contribution in [0.3, 0.4) is 0 Å². The molecule has 1 aromatic heterocycles. The van der Waals surface area contributed by atoms with E-state index in [2.05, 4.69) is 33.4 Å². The average Bonchev–Trinajstić information content (AvgIpc) is 2.72. The smallest absolute Gasteiger partial charge is 0.315 e. The minimum Gasteiger partial charge on any atom is -0.346 e. The summed E-state index contributed by atoms with van der Waals surface area (Å²) in [6.45, 7) is 5.29. The van der Waals surface area contributed by atoms with E-state index in [1.807, 2.05) is 32.2 Å². The second kappa shape index (κ2) is 5.58. The van der Waals surface area contributed by atoms with Gasteiger partial charge in [-0.05, 0) is 31.4 Å². The van der Waals surface area contributed by atoms with E-state index in [1.165, 1.54) is 10.9 Å². The molecule has 0 saturated carbocycles. The van der Waals surface area contributed by atoms with Crippen LogP contribution in [0, 0.1) is 0 Å². The molecule has 0 unspecified atom stereocenters. The van der Waals surface area contributed by atoms with E-state index >= 15 is 0 Å². The van der Waals surface area contributed by atoms with E-state index in [0.717, 1.165) is 6.54 Å². The molecule has 2 rings (SSSR count). The number of carbonyl (C=O) groups excluding carboxylic acids is 1. The van der Waals surface area contributed by atoms with Gasteiger partial charge in [-0.25, -0.2) is 4.79 Å². The van der Waals surface area contributed by atoms with Crippen LogP contribution in [0.15, 0.2) is 36.5 Å². The Kier molecular flexibility index (Phi) is 3.87. The maximum absolute atomic E-state index is 11.4. The molecule has 4 heteroatoms. The Morgan fingerprint density at radius 1 is 1.28 bits per heavy atom. The molecule has 18 heavy (non-hydrogen) atoms. The molecule has 2 aromatic rings. The fraction of sp³-hybridized carbons (Fsp3) is 0.357. The molecule has 0 aliphatic carbocycles. The van der Waals surface area contributed by atoms with E-state index in [1.54, 1.807) is 0 Å². The van der Waals surface area contributed by atoms with Gasteiger partial charge in [0.15, 0.2) is 0 Å². The first kappa shape index (κ1) is 12.5. The lowest BCUT2D eigenvalue weighted by atomic mass is 10.2. The number of hydrogen-bond donors (Lipinski definition) is 2. The Hall–Kier alpha value is -1.97. The third-order valence-corrected chi connectivity index (χ3v) is 2.74. The number of urea groups is 1. The molecule has 0 radical (unpaired) electrons. The van der Waals surface area contributed by atoms with Gasteiger partial charge in [0, 0.05) is 30.8 Å². The van der Waals surface area contributed by atoms with Crippen molar-refractivity contribution in [1.82, 2.24) is 15.2 Å². The fourth-order valence-electron chi connectivity index (χ4n) is 1.94. The number of carbonyl (C=O) groups is 1. The highest BCUT2D eigenvalue weighted by atomic mass is 16.2. The first-order valence-electron chi connectivity index (χ1n) is 6.25. The zero-order valence-corrected chi connectivity index (χ0v) is 10.8. The minimum atomic E-state index is -0.110. The zero-order valence-electron chi connectivity index (χ0n) is 10.8. The van der Waals surface area contributed by atoms with Crippen LogP contribution in [0.25, 0.3) is 10.9 Å². The summed E-state index contributed by atoms with van der Waals surface area (Å²) >= 11 is 0. The van der Waals surface area contributed by atoms with Gasteiger partial charge in [0.25, 0.3) is 0 Å². The SMILES string of the molecule is CC(C)NC(=O)NCCn1ccc2ccccc21. The summed E-state index contributed by atoms with van der Waals surface area (Å²) in [4.78, 5) is 11.4. The molecule has 0 aliphatic heterocycles. The Bertz CT molecular complexity index is 531. The largest absolute Gasteiger partial charge is 0.346 e. The Balaban J connectivity index is 1.89. The number of fused-ring (bicyclic) bond motifs is 1. The van der Waals surface area contributed by atoms with E-state index < -0.39 is 0 Å². The molecule has 0 fully saturated rings. The number of amides is 2. The van der Waals surface area contributed by atoms with Gasteiger partial charge in [-0.3, -0.25) is 0 Å². The Labute approximate surface area is 107 Å². The van der Waals surface area contributed by atoms with E-state index in [-0.39, 0.29) is 12.1 Å². The number of rotatable bonds is 4. The molecular formula is C14H19N3O. The second-order valence-corrected chi connectivity index (χ2v) is 4.62. The van der Waals surface area contributed by atoms with Crippen molar-refractivity contribution >= 4 is 16.9 Å². The van der Waals surface area contributed by atoms with Gasteiger partial charge in [0.1, 0.15) is 0 Å².